The average Bonchev–Trinajstić information content (AvgIpc) is 3.31. The zero-order chi connectivity index (χ0) is 23.8. The lowest BCUT2D eigenvalue weighted by Gasteiger charge is -2.15. The van der Waals surface area contributed by atoms with Gasteiger partial charge in [0.15, 0.2) is 11.5 Å². The fraction of sp³-hybridized carbons (Fsp3) is 0.280. The number of fused-ring (bicyclic) bond motifs is 3. The van der Waals surface area contributed by atoms with E-state index in [4.69, 9.17) is 19.9 Å². The summed E-state index contributed by atoms with van der Waals surface area (Å²) in [5.41, 5.74) is 2.57. The molecule has 1 aliphatic rings. The molecular formula is C25H25N5O4. The number of carbonyl (C=O) groups is 1. The Hall–Kier alpha value is -4.14. The fourth-order valence-corrected chi connectivity index (χ4v) is 4.13. The van der Waals surface area contributed by atoms with Crippen molar-refractivity contribution in [2.75, 3.05) is 6.79 Å². The van der Waals surface area contributed by atoms with Crippen LogP contribution in [0.2, 0.25) is 0 Å². The molecule has 0 bridgehead atoms. The second-order valence-corrected chi connectivity index (χ2v) is 8.32. The molecule has 0 unspecified atom stereocenters. The molecule has 0 aliphatic carbocycles. The van der Waals surface area contributed by atoms with Gasteiger partial charge in [-0.15, -0.1) is 0 Å². The van der Waals surface area contributed by atoms with Crippen molar-refractivity contribution in [3.63, 3.8) is 0 Å². The number of nitrogens with zero attached hydrogens (tertiary/aromatic N) is 3. The highest BCUT2D eigenvalue weighted by molar-refractivity contribution is 5.96. The van der Waals surface area contributed by atoms with Crippen LogP contribution in [0.1, 0.15) is 41.3 Å². The molecular weight excluding hydrogens is 434 g/mol. The molecule has 34 heavy (non-hydrogen) atoms. The van der Waals surface area contributed by atoms with Gasteiger partial charge in [-0.1, -0.05) is 25.5 Å². The minimum atomic E-state index is -0.427. The number of aromatic nitrogens is 3. The van der Waals surface area contributed by atoms with E-state index in [1.54, 1.807) is 22.9 Å². The van der Waals surface area contributed by atoms with Gasteiger partial charge in [-0.25, -0.2) is 4.98 Å². The van der Waals surface area contributed by atoms with Crippen LogP contribution in [0.25, 0.3) is 16.7 Å². The van der Waals surface area contributed by atoms with Crippen LogP contribution < -0.4 is 25.8 Å². The molecule has 5 rings (SSSR count). The largest absolute Gasteiger partial charge is 0.454 e. The SMILES string of the molecule is CCCCn1c(=N)c(C(=O)NCc2ccc3c(c2)OCO3)cc2c(=O)n3cccc(C)c3nc21. The molecule has 0 atom stereocenters. The molecule has 0 saturated heterocycles. The Kier molecular flexibility index (Phi) is 5.53. The quantitative estimate of drug-likeness (QED) is 0.431. The summed E-state index contributed by atoms with van der Waals surface area (Å²) in [5, 5.41) is 11.9. The van der Waals surface area contributed by atoms with E-state index in [0.717, 1.165) is 24.0 Å². The number of amides is 1. The monoisotopic (exact) mass is 459 g/mol. The first-order chi connectivity index (χ1) is 16.5. The summed E-state index contributed by atoms with van der Waals surface area (Å²) in [6, 6.07) is 10.6. The average molecular weight is 460 g/mol. The molecule has 174 valence electrons. The van der Waals surface area contributed by atoms with Crippen molar-refractivity contribution in [2.24, 2.45) is 0 Å². The highest BCUT2D eigenvalue weighted by Crippen LogP contribution is 2.32. The van der Waals surface area contributed by atoms with E-state index in [9.17, 15) is 9.59 Å². The van der Waals surface area contributed by atoms with Gasteiger partial charge in [-0.3, -0.25) is 19.4 Å². The summed E-state index contributed by atoms with van der Waals surface area (Å²) < 4.78 is 13.9. The van der Waals surface area contributed by atoms with Crippen molar-refractivity contribution in [1.82, 2.24) is 19.3 Å². The van der Waals surface area contributed by atoms with Gasteiger partial charge in [0.2, 0.25) is 6.79 Å². The second kappa shape index (κ2) is 8.66. The van der Waals surface area contributed by atoms with Crippen LogP contribution >= 0.6 is 0 Å². The predicted molar refractivity (Wildman–Crippen MR) is 126 cm³/mol. The lowest BCUT2D eigenvalue weighted by Crippen LogP contribution is -2.35. The molecule has 1 aliphatic heterocycles. The van der Waals surface area contributed by atoms with Gasteiger partial charge in [0.1, 0.15) is 16.8 Å². The molecule has 9 nitrogen and oxygen atoms in total. The first kappa shape index (κ1) is 21.7. The molecule has 4 heterocycles. The second-order valence-electron chi connectivity index (χ2n) is 8.32. The molecule has 9 heteroatoms. The van der Waals surface area contributed by atoms with E-state index in [1.807, 2.05) is 25.1 Å². The van der Waals surface area contributed by atoms with Crippen molar-refractivity contribution in [1.29, 1.82) is 5.41 Å². The third kappa shape index (κ3) is 3.68. The molecule has 1 amide bonds. The van der Waals surface area contributed by atoms with Crippen LogP contribution in [0.3, 0.4) is 0 Å². The lowest BCUT2D eigenvalue weighted by atomic mass is 10.1. The number of hydrogen-bond donors (Lipinski definition) is 2. The van der Waals surface area contributed by atoms with Gasteiger partial charge in [-0.05, 0) is 48.7 Å². The molecule has 1 aromatic carbocycles. The number of benzene rings is 1. The Balaban J connectivity index is 1.57. The highest BCUT2D eigenvalue weighted by atomic mass is 16.7. The minimum Gasteiger partial charge on any atom is -0.454 e. The van der Waals surface area contributed by atoms with E-state index in [1.165, 1.54) is 10.5 Å². The summed E-state index contributed by atoms with van der Waals surface area (Å²) in [6.07, 6.45) is 3.37. The first-order valence-corrected chi connectivity index (χ1v) is 11.2. The molecule has 0 spiro atoms. The molecule has 2 N–H and O–H groups in total. The topological polar surface area (TPSA) is 111 Å². The molecule has 0 saturated carbocycles. The standard InChI is InChI=1S/C25H25N5O4/c1-3-4-9-29-21(26)17(24(31)27-13-16-7-8-19-20(11-16)34-14-33-19)12-18-23(29)28-22-15(2)6-5-10-30(22)25(18)32/h5-8,10-12,26H,3-4,9,13-14H2,1-2H3,(H,27,31). The van der Waals surface area contributed by atoms with Crippen molar-refractivity contribution in [3.8, 4) is 11.5 Å². The normalized spacial score (nSPS) is 12.4. The van der Waals surface area contributed by atoms with Crippen molar-refractivity contribution in [3.05, 3.63) is 75.1 Å². The molecule has 4 aromatic rings. The van der Waals surface area contributed by atoms with E-state index >= 15 is 0 Å². The number of hydrogen-bond acceptors (Lipinski definition) is 6. The number of nitrogens with one attached hydrogen (secondary N) is 2. The molecule has 0 fully saturated rings. The highest BCUT2D eigenvalue weighted by Gasteiger charge is 2.18. The van der Waals surface area contributed by atoms with Crippen LogP contribution in [-0.4, -0.2) is 26.7 Å². The number of carbonyl (C=O) groups excluding carboxylic acids is 1. The Morgan fingerprint density at radius 1 is 1.18 bits per heavy atom. The maximum atomic E-state index is 13.3. The van der Waals surface area contributed by atoms with E-state index in [-0.39, 0.29) is 29.9 Å². The zero-order valence-electron chi connectivity index (χ0n) is 19.1. The first-order valence-electron chi connectivity index (χ1n) is 11.2. The van der Waals surface area contributed by atoms with E-state index < -0.39 is 5.91 Å². The Morgan fingerprint density at radius 2 is 2.00 bits per heavy atom. The van der Waals surface area contributed by atoms with E-state index in [0.29, 0.717) is 34.7 Å². The molecule has 0 radical (unpaired) electrons. The lowest BCUT2D eigenvalue weighted by molar-refractivity contribution is 0.0948. The van der Waals surface area contributed by atoms with Gasteiger partial charge in [0.25, 0.3) is 11.5 Å². The van der Waals surface area contributed by atoms with Gasteiger partial charge >= 0.3 is 0 Å². The maximum Gasteiger partial charge on any atom is 0.267 e. The van der Waals surface area contributed by atoms with Crippen LogP contribution in [0.15, 0.2) is 47.4 Å². The van der Waals surface area contributed by atoms with Crippen LogP contribution in [0.4, 0.5) is 0 Å². The Bertz CT molecular complexity index is 1550. The Labute approximate surface area is 195 Å². The summed E-state index contributed by atoms with van der Waals surface area (Å²) in [4.78, 5) is 31.2. The van der Waals surface area contributed by atoms with Gasteiger partial charge in [0, 0.05) is 19.3 Å². The third-order valence-corrected chi connectivity index (χ3v) is 6.00. The smallest absolute Gasteiger partial charge is 0.267 e. The summed E-state index contributed by atoms with van der Waals surface area (Å²) >= 11 is 0. The Morgan fingerprint density at radius 3 is 2.82 bits per heavy atom. The number of aryl methyl sites for hydroxylation is 2. The number of pyridine rings is 2. The van der Waals surface area contributed by atoms with Gasteiger partial charge in [-0.2, -0.15) is 0 Å². The van der Waals surface area contributed by atoms with Crippen LogP contribution in [-0.2, 0) is 13.1 Å². The van der Waals surface area contributed by atoms with Crippen molar-refractivity contribution < 1.29 is 14.3 Å². The fourth-order valence-electron chi connectivity index (χ4n) is 4.13. The summed E-state index contributed by atoms with van der Waals surface area (Å²) in [5.74, 6) is 0.881. The molecule has 3 aromatic heterocycles. The van der Waals surface area contributed by atoms with Gasteiger partial charge in [0.05, 0.1) is 10.9 Å². The zero-order valence-corrected chi connectivity index (χ0v) is 19.1. The van der Waals surface area contributed by atoms with Gasteiger partial charge < -0.3 is 19.4 Å². The van der Waals surface area contributed by atoms with Crippen molar-refractivity contribution in [2.45, 2.75) is 39.8 Å². The number of rotatable bonds is 6. The number of ether oxygens (including phenoxy) is 2. The maximum absolute atomic E-state index is 13.3. The van der Waals surface area contributed by atoms with Crippen LogP contribution in [0, 0.1) is 12.3 Å². The summed E-state index contributed by atoms with van der Waals surface area (Å²) in [6.45, 7) is 4.86. The predicted octanol–water partition coefficient (Wildman–Crippen LogP) is 2.90. The van der Waals surface area contributed by atoms with Crippen molar-refractivity contribution >= 4 is 22.6 Å². The third-order valence-electron chi connectivity index (χ3n) is 6.00. The van der Waals surface area contributed by atoms with E-state index in [2.05, 4.69) is 12.2 Å². The number of unbranched alkanes of at least 4 members (excludes halogenated alkanes) is 1. The van der Waals surface area contributed by atoms with Crippen LogP contribution in [0.5, 0.6) is 11.5 Å². The minimum absolute atomic E-state index is 0.0361. The summed E-state index contributed by atoms with van der Waals surface area (Å²) in [7, 11) is 0.